The molecule has 3 aromatic rings. The van der Waals surface area contributed by atoms with E-state index in [9.17, 15) is 0 Å². The number of para-hydroxylation sites is 2. The van der Waals surface area contributed by atoms with Crippen molar-refractivity contribution in [3.63, 3.8) is 0 Å². The predicted molar refractivity (Wildman–Crippen MR) is 113 cm³/mol. The third kappa shape index (κ3) is 2.78. The van der Waals surface area contributed by atoms with Crippen LogP contribution >= 0.6 is 0 Å². The van der Waals surface area contributed by atoms with Crippen LogP contribution in [-0.4, -0.2) is 0 Å². The van der Waals surface area contributed by atoms with Crippen molar-refractivity contribution in [1.82, 2.24) is 0 Å². The zero-order chi connectivity index (χ0) is 19.1. The van der Waals surface area contributed by atoms with Gasteiger partial charge in [0.15, 0.2) is 0 Å². The van der Waals surface area contributed by atoms with Crippen LogP contribution in [0.3, 0.4) is 0 Å². The quantitative estimate of drug-likeness (QED) is 0.460. The van der Waals surface area contributed by atoms with Crippen molar-refractivity contribution < 1.29 is 4.74 Å². The monoisotopic (exact) mass is 354 g/mol. The van der Waals surface area contributed by atoms with E-state index in [-0.39, 0.29) is 10.8 Å². The number of hydrogen-bond donors (Lipinski definition) is 0. The molecule has 0 radical (unpaired) electrons. The summed E-state index contributed by atoms with van der Waals surface area (Å²) >= 11 is 0. The SMILES string of the molecule is C=CCC1(c2ccc(C(C)(C)C)cc2)c2ccccc2Oc2ccccc21. The Hall–Kier alpha value is -2.80. The van der Waals surface area contributed by atoms with Gasteiger partial charge >= 0.3 is 0 Å². The Morgan fingerprint density at radius 1 is 0.815 bits per heavy atom. The van der Waals surface area contributed by atoms with Gasteiger partial charge < -0.3 is 4.74 Å². The van der Waals surface area contributed by atoms with Gasteiger partial charge in [0.1, 0.15) is 11.5 Å². The number of rotatable bonds is 3. The molecular weight excluding hydrogens is 328 g/mol. The second-order valence-corrected chi connectivity index (χ2v) is 8.32. The highest BCUT2D eigenvalue weighted by Gasteiger charge is 2.42. The minimum Gasteiger partial charge on any atom is -0.457 e. The molecule has 0 spiro atoms. The molecule has 0 aromatic heterocycles. The first-order valence-electron chi connectivity index (χ1n) is 9.55. The minimum absolute atomic E-state index is 0.135. The van der Waals surface area contributed by atoms with Crippen LogP contribution < -0.4 is 4.74 Å². The van der Waals surface area contributed by atoms with Crippen molar-refractivity contribution in [3.05, 3.63) is 108 Å². The molecule has 4 rings (SSSR count). The fourth-order valence-electron chi connectivity index (χ4n) is 4.20. The molecular formula is C26H26O. The molecule has 0 N–H and O–H groups in total. The molecule has 1 aliphatic heterocycles. The highest BCUT2D eigenvalue weighted by atomic mass is 16.5. The summed E-state index contributed by atoms with van der Waals surface area (Å²) in [7, 11) is 0. The summed E-state index contributed by atoms with van der Waals surface area (Å²) < 4.78 is 6.24. The Morgan fingerprint density at radius 2 is 1.33 bits per heavy atom. The second-order valence-electron chi connectivity index (χ2n) is 8.32. The van der Waals surface area contributed by atoms with E-state index in [0.29, 0.717) is 0 Å². The van der Waals surface area contributed by atoms with Gasteiger partial charge in [0.25, 0.3) is 0 Å². The van der Waals surface area contributed by atoms with Crippen molar-refractivity contribution >= 4 is 0 Å². The smallest absolute Gasteiger partial charge is 0.131 e. The van der Waals surface area contributed by atoms with E-state index in [4.69, 9.17) is 4.74 Å². The summed E-state index contributed by atoms with van der Waals surface area (Å²) in [6.45, 7) is 10.8. The van der Waals surface area contributed by atoms with Gasteiger partial charge in [0, 0.05) is 11.1 Å². The van der Waals surface area contributed by atoms with Crippen LogP contribution in [0, 0.1) is 0 Å². The minimum atomic E-state index is -0.288. The Morgan fingerprint density at radius 3 is 1.81 bits per heavy atom. The normalized spacial score (nSPS) is 14.6. The maximum atomic E-state index is 6.24. The number of allylic oxidation sites excluding steroid dienone is 1. The summed E-state index contributed by atoms with van der Waals surface area (Å²) in [4.78, 5) is 0. The molecule has 1 heterocycles. The summed E-state index contributed by atoms with van der Waals surface area (Å²) in [6.07, 6.45) is 2.84. The molecule has 0 fully saturated rings. The maximum absolute atomic E-state index is 6.24. The molecule has 0 saturated carbocycles. The average molecular weight is 354 g/mol. The summed E-state index contributed by atoms with van der Waals surface area (Å²) in [5, 5.41) is 0. The lowest BCUT2D eigenvalue weighted by Gasteiger charge is -2.40. The van der Waals surface area contributed by atoms with Crippen LogP contribution in [0.1, 0.15) is 49.4 Å². The van der Waals surface area contributed by atoms with E-state index in [2.05, 4.69) is 88.0 Å². The Kier molecular flexibility index (Phi) is 4.19. The summed E-state index contributed by atoms with van der Waals surface area (Å²) in [6, 6.07) is 25.9. The zero-order valence-electron chi connectivity index (χ0n) is 16.3. The number of benzene rings is 3. The van der Waals surface area contributed by atoms with E-state index in [1.807, 2.05) is 18.2 Å². The number of hydrogen-bond acceptors (Lipinski definition) is 1. The van der Waals surface area contributed by atoms with Gasteiger partial charge in [-0.25, -0.2) is 0 Å². The highest BCUT2D eigenvalue weighted by molar-refractivity contribution is 5.63. The molecule has 3 aromatic carbocycles. The Labute approximate surface area is 162 Å². The van der Waals surface area contributed by atoms with Gasteiger partial charge in [0.2, 0.25) is 0 Å². The molecule has 0 bridgehead atoms. The first-order valence-corrected chi connectivity index (χ1v) is 9.55. The van der Waals surface area contributed by atoms with Crippen molar-refractivity contribution in [1.29, 1.82) is 0 Å². The first-order chi connectivity index (χ1) is 13.0. The number of fused-ring (bicyclic) bond motifs is 2. The Balaban J connectivity index is 2.00. The standard InChI is InChI=1S/C26H26O/c1-5-18-26(20-16-14-19(15-17-20)25(2,3)4)21-10-6-8-12-23(21)27-24-13-9-7-11-22(24)26/h5-17H,1,18H2,2-4H3. The second kappa shape index (κ2) is 6.42. The third-order valence-corrected chi connectivity index (χ3v) is 5.61. The third-order valence-electron chi connectivity index (χ3n) is 5.61. The van der Waals surface area contributed by atoms with Gasteiger partial charge in [-0.1, -0.05) is 87.5 Å². The molecule has 1 aliphatic rings. The van der Waals surface area contributed by atoms with Gasteiger partial charge in [-0.15, -0.1) is 6.58 Å². The molecule has 27 heavy (non-hydrogen) atoms. The van der Waals surface area contributed by atoms with Gasteiger partial charge in [-0.05, 0) is 35.1 Å². The lowest BCUT2D eigenvalue weighted by atomic mass is 9.65. The van der Waals surface area contributed by atoms with Crippen LogP contribution in [-0.2, 0) is 10.8 Å². The van der Waals surface area contributed by atoms with Gasteiger partial charge in [-0.3, -0.25) is 0 Å². The topological polar surface area (TPSA) is 9.23 Å². The van der Waals surface area contributed by atoms with Crippen LogP contribution in [0.15, 0.2) is 85.5 Å². The molecule has 0 aliphatic carbocycles. The van der Waals surface area contributed by atoms with Crippen molar-refractivity contribution in [2.24, 2.45) is 0 Å². The fraction of sp³-hybridized carbons (Fsp3) is 0.231. The van der Waals surface area contributed by atoms with E-state index in [0.717, 1.165) is 17.9 Å². The molecule has 136 valence electrons. The summed E-state index contributed by atoms with van der Waals surface area (Å²) in [5.74, 6) is 1.86. The van der Waals surface area contributed by atoms with Crippen LogP contribution in [0.25, 0.3) is 0 Å². The summed E-state index contributed by atoms with van der Waals surface area (Å²) in [5.41, 5.74) is 4.87. The van der Waals surface area contributed by atoms with Crippen molar-refractivity contribution in [2.45, 2.75) is 38.0 Å². The van der Waals surface area contributed by atoms with E-state index in [1.54, 1.807) is 0 Å². The largest absolute Gasteiger partial charge is 0.457 e. The molecule has 0 atom stereocenters. The van der Waals surface area contributed by atoms with Crippen molar-refractivity contribution in [2.75, 3.05) is 0 Å². The van der Waals surface area contributed by atoms with Crippen LogP contribution in [0.5, 0.6) is 11.5 Å². The molecule has 1 heteroatoms. The van der Waals surface area contributed by atoms with E-state index < -0.39 is 0 Å². The predicted octanol–water partition coefficient (Wildman–Crippen LogP) is 7.00. The van der Waals surface area contributed by atoms with Gasteiger partial charge in [0.05, 0.1) is 5.41 Å². The first kappa shape index (κ1) is 17.6. The zero-order valence-corrected chi connectivity index (χ0v) is 16.3. The lowest BCUT2D eigenvalue weighted by molar-refractivity contribution is 0.418. The van der Waals surface area contributed by atoms with Crippen LogP contribution in [0.4, 0.5) is 0 Å². The lowest BCUT2D eigenvalue weighted by Crippen LogP contribution is -2.32. The maximum Gasteiger partial charge on any atom is 0.131 e. The molecule has 0 amide bonds. The van der Waals surface area contributed by atoms with E-state index in [1.165, 1.54) is 22.3 Å². The molecule has 0 unspecified atom stereocenters. The van der Waals surface area contributed by atoms with Crippen molar-refractivity contribution in [3.8, 4) is 11.5 Å². The number of ether oxygens (including phenoxy) is 1. The van der Waals surface area contributed by atoms with Gasteiger partial charge in [-0.2, -0.15) is 0 Å². The fourth-order valence-corrected chi connectivity index (χ4v) is 4.20. The van der Waals surface area contributed by atoms with Crippen LogP contribution in [0.2, 0.25) is 0 Å². The van der Waals surface area contributed by atoms with E-state index >= 15 is 0 Å². The molecule has 0 saturated heterocycles. The Bertz CT molecular complexity index is 928. The molecule has 1 nitrogen and oxygen atoms in total. The highest BCUT2D eigenvalue weighted by Crippen LogP contribution is 2.53. The average Bonchev–Trinajstić information content (AvgIpc) is 2.67.